The summed E-state index contributed by atoms with van der Waals surface area (Å²) in [5.41, 5.74) is 1.79. The number of nitrogens with one attached hydrogen (secondary N) is 1. The predicted molar refractivity (Wildman–Crippen MR) is 128 cm³/mol. The van der Waals surface area contributed by atoms with Crippen molar-refractivity contribution in [3.8, 4) is 17.6 Å². The van der Waals surface area contributed by atoms with Crippen LogP contribution >= 0.6 is 0 Å². The van der Waals surface area contributed by atoms with Gasteiger partial charge in [0.25, 0.3) is 11.6 Å². The molecule has 0 heterocycles. The molecule has 34 heavy (non-hydrogen) atoms. The topological polar surface area (TPSA) is 114 Å². The Balaban J connectivity index is 1.64. The second-order valence-electron chi connectivity index (χ2n) is 7.60. The standard InChI is InChI=1S/C26H23N3O5/c1-18(2)34-25-8-4-6-22(15-25)28-26(30)21(16-27)13-19-9-11-24(12-10-19)33-17-20-5-3-7-23(14-20)29(31)32/h3-15,18H,17H2,1-2H3,(H,28,30)/b21-13-. The first kappa shape index (κ1) is 24.0. The molecule has 0 fully saturated rings. The maximum absolute atomic E-state index is 12.6. The summed E-state index contributed by atoms with van der Waals surface area (Å²) < 4.78 is 11.3. The Bertz CT molecular complexity index is 1240. The van der Waals surface area contributed by atoms with Crippen LogP contribution in [0.5, 0.6) is 11.5 Å². The van der Waals surface area contributed by atoms with Gasteiger partial charge < -0.3 is 14.8 Å². The Kier molecular flexibility index (Phi) is 7.97. The zero-order valence-electron chi connectivity index (χ0n) is 18.7. The van der Waals surface area contributed by atoms with Gasteiger partial charge in [-0.1, -0.05) is 30.3 Å². The Morgan fingerprint density at radius 2 is 1.82 bits per heavy atom. The third-order valence-corrected chi connectivity index (χ3v) is 4.55. The molecule has 0 atom stereocenters. The van der Waals surface area contributed by atoms with E-state index in [2.05, 4.69) is 5.32 Å². The van der Waals surface area contributed by atoms with E-state index in [4.69, 9.17) is 9.47 Å². The van der Waals surface area contributed by atoms with Crippen molar-refractivity contribution in [3.63, 3.8) is 0 Å². The zero-order chi connectivity index (χ0) is 24.5. The van der Waals surface area contributed by atoms with Crippen molar-refractivity contribution in [2.75, 3.05) is 5.32 Å². The molecular formula is C26H23N3O5. The lowest BCUT2D eigenvalue weighted by molar-refractivity contribution is -0.384. The third-order valence-electron chi connectivity index (χ3n) is 4.55. The van der Waals surface area contributed by atoms with E-state index in [0.29, 0.717) is 28.3 Å². The summed E-state index contributed by atoms with van der Waals surface area (Å²) in [4.78, 5) is 23.0. The van der Waals surface area contributed by atoms with Crippen LogP contribution in [-0.2, 0) is 11.4 Å². The van der Waals surface area contributed by atoms with Gasteiger partial charge in [0.1, 0.15) is 29.7 Å². The highest BCUT2D eigenvalue weighted by Gasteiger charge is 2.11. The van der Waals surface area contributed by atoms with Crippen molar-refractivity contribution < 1.29 is 19.2 Å². The number of ether oxygens (including phenoxy) is 2. The van der Waals surface area contributed by atoms with Gasteiger partial charge in [0.05, 0.1) is 11.0 Å². The largest absolute Gasteiger partial charge is 0.491 e. The molecular weight excluding hydrogens is 434 g/mol. The Morgan fingerprint density at radius 1 is 1.09 bits per heavy atom. The summed E-state index contributed by atoms with van der Waals surface area (Å²) >= 11 is 0. The normalized spacial score (nSPS) is 10.9. The Morgan fingerprint density at radius 3 is 2.50 bits per heavy atom. The van der Waals surface area contributed by atoms with Gasteiger partial charge in [-0.05, 0) is 55.3 Å². The van der Waals surface area contributed by atoms with Gasteiger partial charge in [-0.15, -0.1) is 0 Å². The van der Waals surface area contributed by atoms with E-state index in [1.165, 1.54) is 18.2 Å². The van der Waals surface area contributed by atoms with E-state index in [0.717, 1.165) is 0 Å². The lowest BCUT2D eigenvalue weighted by Gasteiger charge is -2.11. The number of rotatable bonds is 9. The van der Waals surface area contributed by atoms with Crippen molar-refractivity contribution >= 4 is 23.4 Å². The minimum absolute atomic E-state index is 0.00122. The smallest absolute Gasteiger partial charge is 0.269 e. The van der Waals surface area contributed by atoms with E-state index in [9.17, 15) is 20.2 Å². The number of benzene rings is 3. The minimum Gasteiger partial charge on any atom is -0.491 e. The minimum atomic E-state index is -0.532. The molecule has 0 aliphatic carbocycles. The van der Waals surface area contributed by atoms with Gasteiger partial charge >= 0.3 is 0 Å². The molecule has 3 rings (SSSR count). The average Bonchev–Trinajstić information content (AvgIpc) is 2.82. The summed E-state index contributed by atoms with van der Waals surface area (Å²) in [5.74, 6) is 0.639. The summed E-state index contributed by atoms with van der Waals surface area (Å²) in [7, 11) is 0. The van der Waals surface area contributed by atoms with Crippen LogP contribution in [0.1, 0.15) is 25.0 Å². The molecule has 3 aromatic carbocycles. The van der Waals surface area contributed by atoms with E-state index >= 15 is 0 Å². The van der Waals surface area contributed by atoms with Crippen molar-refractivity contribution in [2.24, 2.45) is 0 Å². The number of nitro groups is 1. The van der Waals surface area contributed by atoms with E-state index in [-0.39, 0.29) is 24.0 Å². The Labute approximate surface area is 197 Å². The molecule has 1 amide bonds. The van der Waals surface area contributed by atoms with Crippen molar-refractivity contribution in [2.45, 2.75) is 26.6 Å². The lowest BCUT2D eigenvalue weighted by Crippen LogP contribution is -2.13. The number of nitro benzene ring substituents is 1. The molecule has 172 valence electrons. The summed E-state index contributed by atoms with van der Waals surface area (Å²) in [6, 6.07) is 21.9. The van der Waals surface area contributed by atoms with Crippen LogP contribution in [0.4, 0.5) is 11.4 Å². The highest BCUT2D eigenvalue weighted by molar-refractivity contribution is 6.09. The van der Waals surface area contributed by atoms with Gasteiger partial charge in [-0.3, -0.25) is 14.9 Å². The van der Waals surface area contributed by atoms with Crippen LogP contribution < -0.4 is 14.8 Å². The number of hydrogen-bond acceptors (Lipinski definition) is 6. The summed E-state index contributed by atoms with van der Waals surface area (Å²) in [6.45, 7) is 3.99. The van der Waals surface area contributed by atoms with Crippen LogP contribution in [0.3, 0.4) is 0 Å². The molecule has 0 saturated heterocycles. The Hall–Kier alpha value is -4.64. The second-order valence-corrected chi connectivity index (χ2v) is 7.60. The molecule has 0 spiro atoms. The van der Waals surface area contributed by atoms with Gasteiger partial charge in [0, 0.05) is 23.9 Å². The number of non-ortho nitro benzene ring substituents is 1. The first-order valence-corrected chi connectivity index (χ1v) is 10.5. The zero-order valence-corrected chi connectivity index (χ0v) is 18.7. The fraction of sp³-hybridized carbons (Fsp3) is 0.154. The third kappa shape index (κ3) is 6.93. The molecule has 1 N–H and O–H groups in total. The van der Waals surface area contributed by atoms with Crippen LogP contribution in [-0.4, -0.2) is 16.9 Å². The maximum atomic E-state index is 12.6. The van der Waals surface area contributed by atoms with Crippen molar-refractivity contribution in [1.82, 2.24) is 0 Å². The number of amides is 1. The SMILES string of the molecule is CC(C)Oc1cccc(NC(=O)/C(C#N)=C\c2ccc(OCc3cccc([N+](=O)[O-])c3)cc2)c1. The van der Waals surface area contributed by atoms with Gasteiger partial charge in [0.2, 0.25) is 0 Å². The first-order chi connectivity index (χ1) is 16.3. The molecule has 8 heteroatoms. The molecule has 0 bridgehead atoms. The van der Waals surface area contributed by atoms with Gasteiger partial charge in [0.15, 0.2) is 0 Å². The van der Waals surface area contributed by atoms with Gasteiger partial charge in [-0.2, -0.15) is 5.26 Å². The number of nitrogens with zero attached hydrogens (tertiary/aromatic N) is 2. The highest BCUT2D eigenvalue weighted by Crippen LogP contribution is 2.21. The van der Waals surface area contributed by atoms with Crippen LogP contribution in [0.15, 0.2) is 78.4 Å². The first-order valence-electron chi connectivity index (χ1n) is 10.5. The molecule has 0 aliphatic heterocycles. The van der Waals surface area contributed by atoms with Gasteiger partial charge in [-0.25, -0.2) is 0 Å². The average molecular weight is 457 g/mol. The predicted octanol–water partition coefficient (Wildman–Crippen LogP) is 5.51. The number of anilines is 1. The molecule has 8 nitrogen and oxygen atoms in total. The lowest BCUT2D eigenvalue weighted by atomic mass is 10.1. The molecule has 3 aromatic rings. The van der Waals surface area contributed by atoms with E-state index in [1.54, 1.807) is 60.7 Å². The summed E-state index contributed by atoms with van der Waals surface area (Å²) in [5, 5.41) is 23.0. The number of nitriles is 1. The summed E-state index contributed by atoms with van der Waals surface area (Å²) in [6.07, 6.45) is 1.48. The van der Waals surface area contributed by atoms with E-state index in [1.807, 2.05) is 19.9 Å². The monoisotopic (exact) mass is 457 g/mol. The molecule has 0 aromatic heterocycles. The molecule has 0 aliphatic rings. The van der Waals surface area contributed by atoms with Crippen LogP contribution in [0.2, 0.25) is 0 Å². The quantitative estimate of drug-likeness (QED) is 0.196. The fourth-order valence-electron chi connectivity index (χ4n) is 3.02. The van der Waals surface area contributed by atoms with E-state index < -0.39 is 10.8 Å². The van der Waals surface area contributed by atoms with Crippen LogP contribution in [0, 0.1) is 21.4 Å². The van der Waals surface area contributed by atoms with Crippen molar-refractivity contribution in [1.29, 1.82) is 5.26 Å². The maximum Gasteiger partial charge on any atom is 0.269 e. The molecule has 0 radical (unpaired) electrons. The van der Waals surface area contributed by atoms with Crippen molar-refractivity contribution in [3.05, 3.63) is 99.6 Å². The highest BCUT2D eigenvalue weighted by atomic mass is 16.6. The number of carbonyl (C=O) groups excluding carboxylic acids is 1. The fourth-order valence-corrected chi connectivity index (χ4v) is 3.02. The second kappa shape index (κ2) is 11.3. The number of carbonyl (C=O) groups is 1. The number of hydrogen-bond donors (Lipinski definition) is 1. The molecule has 0 unspecified atom stereocenters. The molecule has 0 saturated carbocycles. The van der Waals surface area contributed by atoms with Crippen LogP contribution in [0.25, 0.3) is 6.08 Å².